The van der Waals surface area contributed by atoms with Crippen molar-refractivity contribution in [1.82, 2.24) is 14.8 Å². The minimum Gasteiger partial charge on any atom is -0.370 e. The van der Waals surface area contributed by atoms with Crippen LogP contribution in [0.1, 0.15) is 24.6 Å². The molecule has 0 amide bonds. The Bertz CT molecular complexity index is 694. The molecule has 1 aromatic heterocycles. The molecule has 116 valence electrons. The summed E-state index contributed by atoms with van der Waals surface area (Å²) < 4.78 is 1.96. The summed E-state index contributed by atoms with van der Waals surface area (Å²) in [4.78, 5) is 12.5. The molecule has 0 saturated carbocycles. The molecule has 1 aliphatic heterocycles. The van der Waals surface area contributed by atoms with Gasteiger partial charge in [0.05, 0.1) is 15.6 Å². The fourth-order valence-corrected chi connectivity index (χ4v) is 3.20. The number of rotatable bonds is 3. The first kappa shape index (κ1) is 14.8. The van der Waals surface area contributed by atoms with E-state index in [1.165, 1.54) is 12.1 Å². The van der Waals surface area contributed by atoms with Crippen LogP contribution in [0.2, 0.25) is 5.02 Å². The van der Waals surface area contributed by atoms with E-state index in [1.807, 2.05) is 11.6 Å². The van der Waals surface area contributed by atoms with Gasteiger partial charge in [-0.1, -0.05) is 11.6 Å². The van der Waals surface area contributed by atoms with Gasteiger partial charge in [0.1, 0.15) is 12.2 Å². The second-order valence-corrected chi connectivity index (χ2v) is 5.86. The molecule has 0 aliphatic carbocycles. The first-order valence-corrected chi connectivity index (χ1v) is 7.47. The number of benzene rings is 1. The van der Waals surface area contributed by atoms with Crippen molar-refractivity contribution in [1.29, 1.82) is 0 Å². The third kappa shape index (κ3) is 2.76. The van der Waals surface area contributed by atoms with Crippen LogP contribution in [0.5, 0.6) is 0 Å². The first-order valence-electron chi connectivity index (χ1n) is 7.09. The summed E-state index contributed by atoms with van der Waals surface area (Å²) in [7, 11) is 1.95. The molecule has 0 N–H and O–H groups in total. The third-order valence-corrected chi connectivity index (χ3v) is 4.39. The highest BCUT2D eigenvalue weighted by molar-refractivity contribution is 6.33. The molecule has 1 fully saturated rings. The molecule has 7 nitrogen and oxygen atoms in total. The summed E-state index contributed by atoms with van der Waals surface area (Å²) in [6, 6.07) is 4.63. The summed E-state index contributed by atoms with van der Waals surface area (Å²) in [5.41, 5.74) is 0.867. The number of halogens is 1. The van der Waals surface area contributed by atoms with E-state index < -0.39 is 4.92 Å². The Balaban J connectivity index is 1.71. The number of aromatic nitrogens is 3. The van der Waals surface area contributed by atoms with Crippen LogP contribution in [0.4, 0.5) is 11.4 Å². The largest absolute Gasteiger partial charge is 0.370 e. The predicted molar refractivity (Wildman–Crippen MR) is 83.3 cm³/mol. The quantitative estimate of drug-likeness (QED) is 0.641. The lowest BCUT2D eigenvalue weighted by molar-refractivity contribution is -0.384. The van der Waals surface area contributed by atoms with E-state index in [-0.39, 0.29) is 5.69 Å². The maximum Gasteiger partial charge on any atom is 0.271 e. The Morgan fingerprint density at radius 1 is 1.36 bits per heavy atom. The van der Waals surface area contributed by atoms with E-state index in [2.05, 4.69) is 15.1 Å². The molecule has 0 unspecified atom stereocenters. The molecule has 8 heteroatoms. The molecule has 1 saturated heterocycles. The monoisotopic (exact) mass is 321 g/mol. The maximum absolute atomic E-state index is 10.8. The van der Waals surface area contributed by atoms with E-state index >= 15 is 0 Å². The summed E-state index contributed by atoms with van der Waals surface area (Å²) in [5, 5.41) is 19.3. The van der Waals surface area contributed by atoms with Crippen LogP contribution in [0.25, 0.3) is 0 Å². The average Bonchev–Trinajstić information content (AvgIpc) is 2.93. The highest BCUT2D eigenvalue weighted by Gasteiger charge is 2.25. The van der Waals surface area contributed by atoms with Gasteiger partial charge in [0.15, 0.2) is 0 Å². The molecule has 0 atom stereocenters. The van der Waals surface area contributed by atoms with Crippen molar-refractivity contribution >= 4 is 23.0 Å². The first-order chi connectivity index (χ1) is 10.6. The van der Waals surface area contributed by atoms with E-state index in [0.29, 0.717) is 10.9 Å². The summed E-state index contributed by atoms with van der Waals surface area (Å²) in [6.07, 6.45) is 3.63. The lowest BCUT2D eigenvalue weighted by Crippen LogP contribution is -2.33. The number of nitro benzene ring substituents is 1. The van der Waals surface area contributed by atoms with Gasteiger partial charge in [0.25, 0.3) is 5.69 Å². The number of hydrogen-bond acceptors (Lipinski definition) is 5. The number of anilines is 1. The molecule has 0 radical (unpaired) electrons. The van der Waals surface area contributed by atoms with Crippen LogP contribution >= 0.6 is 11.6 Å². The fraction of sp³-hybridized carbons (Fsp3) is 0.429. The number of piperidine rings is 1. The lowest BCUT2D eigenvalue weighted by atomic mass is 9.95. The molecular formula is C14H16ClN5O2. The van der Waals surface area contributed by atoms with E-state index in [0.717, 1.165) is 37.4 Å². The van der Waals surface area contributed by atoms with Gasteiger partial charge < -0.3 is 9.47 Å². The minimum absolute atomic E-state index is 0.0164. The number of aryl methyl sites for hydroxylation is 1. The molecular weight excluding hydrogens is 306 g/mol. The fourth-order valence-electron chi connectivity index (χ4n) is 2.91. The smallest absolute Gasteiger partial charge is 0.271 e. The van der Waals surface area contributed by atoms with E-state index in [9.17, 15) is 10.1 Å². The maximum atomic E-state index is 10.8. The highest BCUT2D eigenvalue weighted by Crippen LogP contribution is 2.34. The molecule has 0 bridgehead atoms. The van der Waals surface area contributed by atoms with Gasteiger partial charge in [-0.2, -0.15) is 0 Å². The van der Waals surface area contributed by atoms with Crippen molar-refractivity contribution in [3.63, 3.8) is 0 Å². The zero-order valence-electron chi connectivity index (χ0n) is 12.1. The van der Waals surface area contributed by atoms with Crippen molar-refractivity contribution in [2.24, 2.45) is 7.05 Å². The SMILES string of the molecule is Cn1cnnc1C1CCN(c2ccc([N+](=O)[O-])cc2Cl)CC1. The van der Waals surface area contributed by atoms with Crippen LogP contribution in [0.15, 0.2) is 24.5 Å². The van der Waals surface area contributed by atoms with Gasteiger partial charge in [0.2, 0.25) is 0 Å². The molecule has 2 heterocycles. The topological polar surface area (TPSA) is 77.1 Å². The van der Waals surface area contributed by atoms with Crippen LogP contribution in [0.3, 0.4) is 0 Å². The zero-order valence-corrected chi connectivity index (χ0v) is 12.9. The van der Waals surface area contributed by atoms with E-state index in [1.54, 1.807) is 12.4 Å². The van der Waals surface area contributed by atoms with Crippen molar-refractivity contribution < 1.29 is 4.92 Å². The lowest BCUT2D eigenvalue weighted by Gasteiger charge is -2.33. The van der Waals surface area contributed by atoms with Crippen LogP contribution in [-0.2, 0) is 7.05 Å². The molecule has 2 aromatic rings. The predicted octanol–water partition coefficient (Wildman–Crippen LogP) is 2.76. The van der Waals surface area contributed by atoms with Crippen molar-refractivity contribution in [2.75, 3.05) is 18.0 Å². The Hall–Kier alpha value is -2.15. The van der Waals surface area contributed by atoms with Gasteiger partial charge in [-0.3, -0.25) is 10.1 Å². The number of nitrogens with zero attached hydrogens (tertiary/aromatic N) is 5. The zero-order chi connectivity index (χ0) is 15.7. The number of nitro groups is 1. The summed E-state index contributed by atoms with van der Waals surface area (Å²) >= 11 is 6.20. The standard InChI is InChI=1S/C14H16ClN5O2/c1-18-9-16-17-14(18)10-4-6-19(7-5-10)13-3-2-11(20(21)22)8-12(13)15/h2-3,8-10H,4-7H2,1H3. The minimum atomic E-state index is -0.435. The number of hydrogen-bond donors (Lipinski definition) is 0. The van der Waals surface area contributed by atoms with Gasteiger partial charge >= 0.3 is 0 Å². The van der Waals surface area contributed by atoms with Crippen LogP contribution in [-0.4, -0.2) is 32.8 Å². The molecule has 1 aliphatic rings. The van der Waals surface area contributed by atoms with Gasteiger partial charge in [-0.25, -0.2) is 0 Å². The Morgan fingerprint density at radius 3 is 2.64 bits per heavy atom. The van der Waals surface area contributed by atoms with Crippen molar-refractivity contribution in [2.45, 2.75) is 18.8 Å². The van der Waals surface area contributed by atoms with Crippen LogP contribution < -0.4 is 4.90 Å². The second-order valence-electron chi connectivity index (χ2n) is 5.45. The Kier molecular flexibility index (Phi) is 3.98. The normalized spacial score (nSPS) is 16.0. The van der Waals surface area contributed by atoms with Crippen LogP contribution in [0, 0.1) is 10.1 Å². The average molecular weight is 322 g/mol. The van der Waals surface area contributed by atoms with E-state index in [4.69, 9.17) is 11.6 Å². The van der Waals surface area contributed by atoms with Crippen molar-refractivity contribution in [3.8, 4) is 0 Å². The second kappa shape index (κ2) is 5.92. The highest BCUT2D eigenvalue weighted by atomic mass is 35.5. The molecule has 22 heavy (non-hydrogen) atoms. The Morgan fingerprint density at radius 2 is 2.09 bits per heavy atom. The number of non-ortho nitro benzene ring substituents is 1. The molecule has 1 aromatic carbocycles. The summed E-state index contributed by atoms with van der Waals surface area (Å²) in [6.45, 7) is 1.68. The Labute approximate surface area is 132 Å². The molecule has 0 spiro atoms. The van der Waals surface area contributed by atoms with Gasteiger partial charge in [-0.15, -0.1) is 10.2 Å². The van der Waals surface area contributed by atoms with Gasteiger partial charge in [0, 0.05) is 38.2 Å². The molecule has 3 rings (SSSR count). The summed E-state index contributed by atoms with van der Waals surface area (Å²) in [5.74, 6) is 1.40. The van der Waals surface area contributed by atoms with Gasteiger partial charge in [-0.05, 0) is 18.9 Å². The van der Waals surface area contributed by atoms with Crippen molar-refractivity contribution in [3.05, 3.63) is 45.5 Å². The third-order valence-electron chi connectivity index (χ3n) is 4.09.